The van der Waals surface area contributed by atoms with Crippen LogP contribution in [0.5, 0.6) is 0 Å². The van der Waals surface area contributed by atoms with Crippen LogP contribution in [0.15, 0.2) is 53.8 Å². The second-order valence-electron chi connectivity index (χ2n) is 7.61. The van der Waals surface area contributed by atoms with Gasteiger partial charge in [-0.3, -0.25) is 9.59 Å². The van der Waals surface area contributed by atoms with Gasteiger partial charge >= 0.3 is 0 Å². The van der Waals surface area contributed by atoms with E-state index in [1.54, 1.807) is 11.1 Å². The number of hydrogen-bond acceptors (Lipinski definition) is 3. The number of halogens is 2. The number of likely N-dealkylation sites (tertiary alicyclic amines) is 1. The van der Waals surface area contributed by atoms with E-state index in [0.29, 0.717) is 24.5 Å². The number of carbonyl (C=O) groups is 2. The summed E-state index contributed by atoms with van der Waals surface area (Å²) in [6.45, 7) is 7.04. The molecule has 154 valence electrons. The van der Waals surface area contributed by atoms with Crippen LogP contribution in [0.2, 0.25) is 5.02 Å². The van der Waals surface area contributed by atoms with Crippen LogP contribution in [0, 0.1) is 12.8 Å². The quantitative estimate of drug-likeness (QED) is 0.363. The number of rotatable bonds is 6. The molecule has 3 heterocycles. The lowest BCUT2D eigenvalue weighted by Gasteiger charge is -2.38. The summed E-state index contributed by atoms with van der Waals surface area (Å²) in [5.41, 5.74) is 3.94. The normalized spacial score (nSPS) is 14.0. The Kier molecular flexibility index (Phi) is 5.80. The molecular weight excluding hydrogens is 466 g/mol. The van der Waals surface area contributed by atoms with Gasteiger partial charge in [-0.25, -0.2) is 4.98 Å². The van der Waals surface area contributed by atoms with Gasteiger partial charge in [-0.15, -0.1) is 0 Å². The maximum absolute atomic E-state index is 12.8. The van der Waals surface area contributed by atoms with E-state index in [1.807, 2.05) is 41.8 Å². The molecule has 1 aliphatic rings. The second-order valence-corrected chi connectivity index (χ2v) is 8.79. The van der Waals surface area contributed by atoms with Crippen molar-refractivity contribution >= 4 is 50.1 Å². The van der Waals surface area contributed by atoms with Crippen LogP contribution in [0.3, 0.4) is 0 Å². The molecule has 0 aliphatic carbocycles. The summed E-state index contributed by atoms with van der Waals surface area (Å²) < 4.78 is 2.80. The molecule has 0 unspecified atom stereocenters. The lowest BCUT2D eigenvalue weighted by Crippen LogP contribution is -2.50. The Morgan fingerprint density at radius 1 is 1.33 bits per heavy atom. The maximum Gasteiger partial charge on any atom is 0.245 e. The molecule has 0 spiro atoms. The van der Waals surface area contributed by atoms with Gasteiger partial charge < -0.3 is 9.47 Å². The van der Waals surface area contributed by atoms with Gasteiger partial charge in [0.25, 0.3) is 0 Å². The first-order chi connectivity index (χ1) is 14.4. The summed E-state index contributed by atoms with van der Waals surface area (Å²) in [4.78, 5) is 30.5. The van der Waals surface area contributed by atoms with Gasteiger partial charge in [-0.2, -0.15) is 0 Å². The number of carbonyl (C=O) groups excluding carboxylic acids is 2. The smallest absolute Gasteiger partial charge is 0.245 e. The number of fused-ring (bicyclic) bond motifs is 1. The van der Waals surface area contributed by atoms with Crippen molar-refractivity contribution in [1.82, 2.24) is 14.5 Å². The van der Waals surface area contributed by atoms with Crippen molar-refractivity contribution in [1.29, 1.82) is 0 Å². The highest BCUT2D eigenvalue weighted by Gasteiger charge is 2.31. The van der Waals surface area contributed by atoms with Gasteiger partial charge in [-0.05, 0) is 53.2 Å². The number of pyridine rings is 1. The standard InChI is InChI=1S/C23H21BrClN3O2/c1-3-21(30)27-11-15(12-27)9-17(29)13-28-14(2)22(18-5-4-8-26-23(18)24)19-10-16(25)6-7-20(19)28/h3-8,10,15H,1,9,11-13H2,2H3. The minimum absolute atomic E-state index is 0.0745. The molecule has 0 bridgehead atoms. The molecule has 3 aromatic rings. The summed E-state index contributed by atoms with van der Waals surface area (Å²) >= 11 is 9.83. The van der Waals surface area contributed by atoms with E-state index in [1.165, 1.54) is 6.08 Å². The molecule has 1 amide bonds. The first kappa shape index (κ1) is 20.8. The third-order valence-corrected chi connectivity index (χ3v) is 6.48. The van der Waals surface area contributed by atoms with Crippen LogP contribution in [0.4, 0.5) is 0 Å². The molecule has 1 aliphatic heterocycles. The lowest BCUT2D eigenvalue weighted by atomic mass is 9.94. The largest absolute Gasteiger partial charge is 0.338 e. The maximum atomic E-state index is 12.8. The molecule has 30 heavy (non-hydrogen) atoms. The van der Waals surface area contributed by atoms with Gasteiger partial charge in [0.2, 0.25) is 5.91 Å². The molecule has 7 heteroatoms. The van der Waals surface area contributed by atoms with Gasteiger partial charge in [0.1, 0.15) is 4.60 Å². The van der Waals surface area contributed by atoms with Crippen LogP contribution in [-0.4, -0.2) is 39.2 Å². The van der Waals surface area contributed by atoms with Crippen LogP contribution < -0.4 is 0 Å². The van der Waals surface area contributed by atoms with Gasteiger partial charge in [-0.1, -0.05) is 24.2 Å². The Hall–Kier alpha value is -2.44. The van der Waals surface area contributed by atoms with Crippen LogP contribution >= 0.6 is 27.5 Å². The summed E-state index contributed by atoms with van der Waals surface area (Å²) in [7, 11) is 0. The fourth-order valence-electron chi connectivity index (χ4n) is 4.14. The molecule has 0 atom stereocenters. The highest BCUT2D eigenvalue weighted by atomic mass is 79.9. The number of amides is 1. The fraction of sp³-hybridized carbons (Fsp3) is 0.261. The number of Topliss-reactive ketones (excluding diaryl/α,β-unsaturated/α-hetero) is 1. The number of nitrogens with zero attached hydrogens (tertiary/aromatic N) is 3. The van der Waals surface area contributed by atoms with Crippen LogP contribution in [0.1, 0.15) is 12.1 Å². The molecule has 1 saturated heterocycles. The topological polar surface area (TPSA) is 55.2 Å². The summed E-state index contributed by atoms with van der Waals surface area (Å²) in [6.07, 6.45) is 3.51. The Morgan fingerprint density at radius 2 is 2.10 bits per heavy atom. The van der Waals surface area contributed by atoms with E-state index < -0.39 is 0 Å². The Labute approximate surface area is 188 Å². The summed E-state index contributed by atoms with van der Waals surface area (Å²) in [5, 5.41) is 1.64. The van der Waals surface area contributed by atoms with E-state index in [0.717, 1.165) is 32.3 Å². The minimum atomic E-state index is -0.0745. The van der Waals surface area contributed by atoms with Gasteiger partial charge in [0.05, 0.1) is 6.54 Å². The van der Waals surface area contributed by atoms with Crippen molar-refractivity contribution in [3.63, 3.8) is 0 Å². The van der Waals surface area contributed by atoms with Crippen molar-refractivity contribution in [3.05, 3.63) is 64.5 Å². The highest BCUT2D eigenvalue weighted by molar-refractivity contribution is 9.10. The van der Waals surface area contributed by atoms with E-state index in [9.17, 15) is 9.59 Å². The highest BCUT2D eigenvalue weighted by Crippen LogP contribution is 2.38. The number of ketones is 1. The third kappa shape index (κ3) is 3.82. The molecule has 1 aromatic carbocycles. The number of aromatic nitrogens is 2. The van der Waals surface area contributed by atoms with Crippen molar-refractivity contribution in [2.75, 3.05) is 13.1 Å². The molecule has 4 rings (SSSR count). The zero-order valence-electron chi connectivity index (χ0n) is 16.6. The van der Waals surface area contributed by atoms with Crippen molar-refractivity contribution in [2.24, 2.45) is 5.92 Å². The molecular formula is C23H21BrClN3O2. The van der Waals surface area contributed by atoms with E-state index in [-0.39, 0.29) is 24.2 Å². The molecule has 0 saturated carbocycles. The van der Waals surface area contributed by atoms with Gasteiger partial charge in [0.15, 0.2) is 5.78 Å². The predicted molar refractivity (Wildman–Crippen MR) is 123 cm³/mol. The molecule has 0 N–H and O–H groups in total. The van der Waals surface area contributed by atoms with Crippen molar-refractivity contribution < 1.29 is 9.59 Å². The zero-order valence-corrected chi connectivity index (χ0v) is 18.9. The third-order valence-electron chi connectivity index (χ3n) is 5.61. The molecule has 5 nitrogen and oxygen atoms in total. The SMILES string of the molecule is C=CC(=O)N1CC(CC(=O)Cn2c(C)c(-c3cccnc3Br)c3cc(Cl)ccc32)C1. The van der Waals surface area contributed by atoms with Crippen molar-refractivity contribution in [2.45, 2.75) is 19.9 Å². The van der Waals surface area contributed by atoms with E-state index in [2.05, 4.69) is 27.5 Å². The average Bonchev–Trinajstić information content (AvgIpc) is 2.95. The fourth-order valence-corrected chi connectivity index (χ4v) is 4.76. The Bertz CT molecular complexity index is 1160. The van der Waals surface area contributed by atoms with Crippen LogP contribution in [0.25, 0.3) is 22.0 Å². The average molecular weight is 487 g/mol. The number of benzene rings is 1. The first-order valence-corrected chi connectivity index (χ1v) is 10.9. The molecule has 1 fully saturated rings. The van der Waals surface area contributed by atoms with Gasteiger partial charge in [0, 0.05) is 64.4 Å². The Balaban J connectivity index is 1.63. The van der Waals surface area contributed by atoms with E-state index in [4.69, 9.17) is 11.6 Å². The Morgan fingerprint density at radius 3 is 2.80 bits per heavy atom. The zero-order chi connectivity index (χ0) is 21.4. The van der Waals surface area contributed by atoms with Crippen LogP contribution in [-0.2, 0) is 16.1 Å². The minimum Gasteiger partial charge on any atom is -0.338 e. The lowest BCUT2D eigenvalue weighted by molar-refractivity contribution is -0.134. The van der Waals surface area contributed by atoms with E-state index >= 15 is 0 Å². The second kappa shape index (κ2) is 8.36. The summed E-state index contributed by atoms with van der Waals surface area (Å²) in [6, 6.07) is 9.64. The van der Waals surface area contributed by atoms with Crippen molar-refractivity contribution in [3.8, 4) is 11.1 Å². The molecule has 2 aromatic heterocycles. The summed E-state index contributed by atoms with van der Waals surface area (Å²) in [5.74, 6) is 0.289. The number of hydrogen-bond donors (Lipinski definition) is 0. The first-order valence-electron chi connectivity index (χ1n) is 9.71. The monoisotopic (exact) mass is 485 g/mol. The predicted octanol–water partition coefficient (Wildman–Crippen LogP) is 5.03. The molecule has 0 radical (unpaired) electrons.